The number of fused-ring (bicyclic) bond motifs is 1. The van der Waals surface area contributed by atoms with Crippen LogP contribution in [-0.4, -0.2) is 16.1 Å². The van der Waals surface area contributed by atoms with E-state index < -0.39 is 5.78 Å². The van der Waals surface area contributed by atoms with Crippen molar-refractivity contribution in [2.24, 2.45) is 12.0 Å². The van der Waals surface area contributed by atoms with Gasteiger partial charge < -0.3 is 4.57 Å². The monoisotopic (exact) mass is 438 g/mol. The predicted octanol–water partition coefficient (Wildman–Crippen LogP) is 6.67. The maximum absolute atomic E-state index is 13.2. The molecule has 0 atom stereocenters. The van der Waals surface area contributed by atoms with Crippen molar-refractivity contribution in [1.82, 2.24) is 4.57 Å². The van der Waals surface area contributed by atoms with E-state index in [-0.39, 0.29) is 23.1 Å². The van der Waals surface area contributed by atoms with Crippen molar-refractivity contribution < 1.29 is 4.79 Å². The molecule has 0 amide bonds. The minimum absolute atomic E-state index is 0.0306. The van der Waals surface area contributed by atoms with E-state index in [0.29, 0.717) is 16.6 Å². The van der Waals surface area contributed by atoms with Crippen molar-refractivity contribution in [2.75, 3.05) is 0 Å². The van der Waals surface area contributed by atoms with Gasteiger partial charge >= 0.3 is 0 Å². The van der Waals surface area contributed by atoms with E-state index in [1.165, 1.54) is 11.1 Å². The number of carbonyl (C=O) groups is 1. The lowest BCUT2D eigenvalue weighted by Gasteiger charge is -2.26. The fourth-order valence-corrected chi connectivity index (χ4v) is 3.74. The topological polar surface area (TPSA) is 62.5 Å². The zero-order valence-electron chi connectivity index (χ0n) is 20.4. The van der Waals surface area contributed by atoms with E-state index in [1.807, 2.05) is 23.8 Å². The number of carbonyl (C=O) groups excluding carboxylic acids is 1. The van der Waals surface area contributed by atoms with Crippen molar-refractivity contribution in [2.45, 2.75) is 58.9 Å². The summed E-state index contributed by atoms with van der Waals surface area (Å²) in [5.74, 6) is -0.423. The summed E-state index contributed by atoms with van der Waals surface area (Å²) in [4.78, 5) is 21.1. The average molecular weight is 439 g/mol. The van der Waals surface area contributed by atoms with Gasteiger partial charge in [0.15, 0.2) is 11.4 Å². The molecule has 0 aliphatic rings. The van der Waals surface area contributed by atoms with E-state index in [9.17, 15) is 10.1 Å². The molecule has 0 fully saturated rings. The Balaban J connectivity index is 2.02. The largest absolute Gasteiger partial charge is 0.350 e. The molecule has 0 saturated carbocycles. The molecule has 0 spiro atoms. The molecule has 0 radical (unpaired) electrons. The van der Waals surface area contributed by atoms with E-state index >= 15 is 0 Å². The molecule has 0 saturated heterocycles. The summed E-state index contributed by atoms with van der Waals surface area (Å²) in [6, 6.07) is 13.7. The van der Waals surface area contributed by atoms with E-state index in [0.717, 1.165) is 11.1 Å². The lowest BCUT2D eigenvalue weighted by atomic mass is 9.79. The number of rotatable bonds is 4. The second-order valence-corrected chi connectivity index (χ2v) is 10.5. The Labute approximate surface area is 196 Å². The van der Waals surface area contributed by atoms with E-state index in [4.69, 9.17) is 6.57 Å². The minimum atomic E-state index is -0.423. The van der Waals surface area contributed by atoms with Crippen LogP contribution >= 0.6 is 0 Å². The molecule has 1 heterocycles. The molecular formula is C28H30N4O. The van der Waals surface area contributed by atoms with Gasteiger partial charge in [0.1, 0.15) is 6.07 Å². The van der Waals surface area contributed by atoms with Crippen LogP contribution in [0.3, 0.4) is 0 Å². The lowest BCUT2D eigenvalue weighted by Crippen LogP contribution is -2.17. The summed E-state index contributed by atoms with van der Waals surface area (Å²) in [6.45, 7) is 20.5. The normalized spacial score (nSPS) is 12.5. The molecule has 168 valence electrons. The second kappa shape index (κ2) is 8.68. The van der Waals surface area contributed by atoms with Crippen LogP contribution in [0.5, 0.6) is 0 Å². The number of hydrogen-bond donors (Lipinski definition) is 0. The fourth-order valence-electron chi connectivity index (χ4n) is 3.74. The Bertz CT molecular complexity index is 1310. The van der Waals surface area contributed by atoms with Gasteiger partial charge in [0.05, 0.1) is 13.1 Å². The highest BCUT2D eigenvalue weighted by Gasteiger charge is 2.22. The lowest BCUT2D eigenvalue weighted by molar-refractivity contribution is 0.106. The van der Waals surface area contributed by atoms with Gasteiger partial charge in [0, 0.05) is 29.7 Å². The van der Waals surface area contributed by atoms with Gasteiger partial charge in [-0.1, -0.05) is 65.8 Å². The maximum atomic E-state index is 13.2. The third-order valence-electron chi connectivity index (χ3n) is 5.81. The van der Waals surface area contributed by atoms with Crippen LogP contribution in [0.2, 0.25) is 0 Å². The smallest absolute Gasteiger partial charge is 0.223 e. The van der Waals surface area contributed by atoms with Gasteiger partial charge in [0.25, 0.3) is 0 Å². The molecule has 5 heteroatoms. The van der Waals surface area contributed by atoms with Gasteiger partial charge in [-0.2, -0.15) is 5.26 Å². The number of Topliss-reactive ketones (excluding diaryl/α,β-unsaturated/α-hetero) is 1. The maximum Gasteiger partial charge on any atom is 0.223 e. The van der Waals surface area contributed by atoms with Crippen LogP contribution < -0.4 is 0 Å². The summed E-state index contributed by atoms with van der Waals surface area (Å²) in [6.07, 6.45) is 1.70. The van der Waals surface area contributed by atoms with Crippen molar-refractivity contribution in [3.63, 3.8) is 0 Å². The molecule has 5 nitrogen and oxygen atoms in total. The first-order chi connectivity index (χ1) is 15.3. The molecule has 33 heavy (non-hydrogen) atoms. The van der Waals surface area contributed by atoms with Crippen molar-refractivity contribution in [3.8, 4) is 6.07 Å². The molecule has 0 aliphatic carbocycles. The van der Waals surface area contributed by atoms with Crippen LogP contribution in [0.25, 0.3) is 15.7 Å². The van der Waals surface area contributed by atoms with Crippen molar-refractivity contribution >= 4 is 28.1 Å². The number of nitrogens with zero attached hydrogens (tertiary/aromatic N) is 4. The molecule has 1 aromatic heterocycles. The van der Waals surface area contributed by atoms with Gasteiger partial charge in [-0.15, -0.1) is 0 Å². The average Bonchev–Trinajstić information content (AvgIpc) is 3.08. The summed E-state index contributed by atoms with van der Waals surface area (Å²) in [5.41, 5.74) is 4.85. The zero-order valence-corrected chi connectivity index (χ0v) is 20.4. The molecule has 0 unspecified atom stereocenters. The second-order valence-electron chi connectivity index (χ2n) is 10.5. The number of aryl methyl sites for hydroxylation is 1. The third-order valence-corrected chi connectivity index (χ3v) is 5.81. The van der Waals surface area contributed by atoms with Crippen LogP contribution in [0.15, 0.2) is 47.6 Å². The third kappa shape index (κ3) is 5.04. The first-order valence-electron chi connectivity index (χ1n) is 11.0. The highest BCUT2D eigenvalue weighted by atomic mass is 16.1. The van der Waals surface area contributed by atoms with Gasteiger partial charge in [-0.25, -0.2) is 4.85 Å². The van der Waals surface area contributed by atoms with Crippen LogP contribution in [0.1, 0.15) is 68.6 Å². The molecular weight excluding hydrogens is 408 g/mol. The number of nitriles is 1. The van der Waals surface area contributed by atoms with Crippen molar-refractivity contribution in [1.29, 1.82) is 5.26 Å². The summed E-state index contributed by atoms with van der Waals surface area (Å²) >= 11 is 0. The molecule has 0 N–H and O–H groups in total. The first kappa shape index (κ1) is 24.0. The molecule has 0 bridgehead atoms. The predicted molar refractivity (Wildman–Crippen MR) is 134 cm³/mol. The summed E-state index contributed by atoms with van der Waals surface area (Å²) < 4.78 is 1.83. The fraction of sp³-hybridized carbons (Fsp3) is 0.357. The Hall–Kier alpha value is -3.70. The SMILES string of the molecule is [C-]#[N+]c1ccc2c(c1)c(C(=O)C(C#N)=NCc1cc(C(C)(C)C)cc(C(C)(C)C)c1)cn2C. The number of benzene rings is 2. The Morgan fingerprint density at radius 3 is 2.18 bits per heavy atom. The molecule has 3 rings (SSSR count). The standard InChI is InChI=1S/C28H30N4O/c1-27(2,3)19-11-18(12-20(13-19)28(4,5)6)16-31-24(15-29)26(33)23-17-32(8)25-10-9-21(30-7)14-22(23)25/h9-14,17H,16H2,1-6,8H3. The number of aliphatic imine (C=N–C) groups is 1. The van der Waals surface area contributed by atoms with Crippen LogP contribution in [-0.2, 0) is 24.4 Å². The molecule has 0 aliphatic heterocycles. The van der Waals surface area contributed by atoms with Crippen molar-refractivity contribution in [3.05, 3.63) is 76.3 Å². The Morgan fingerprint density at radius 1 is 1.06 bits per heavy atom. The van der Waals surface area contributed by atoms with Crippen LogP contribution in [0.4, 0.5) is 5.69 Å². The number of ketones is 1. The number of hydrogen-bond acceptors (Lipinski definition) is 3. The summed E-state index contributed by atoms with van der Waals surface area (Å²) in [5, 5.41) is 10.4. The first-order valence-corrected chi connectivity index (χ1v) is 11.0. The Kier molecular flexibility index (Phi) is 6.30. The van der Waals surface area contributed by atoms with E-state index in [2.05, 4.69) is 69.6 Å². The number of aromatic nitrogens is 1. The molecule has 2 aromatic carbocycles. The molecule has 3 aromatic rings. The van der Waals surface area contributed by atoms with Crippen LogP contribution in [0, 0.1) is 17.9 Å². The quantitative estimate of drug-likeness (QED) is 0.259. The summed E-state index contributed by atoms with van der Waals surface area (Å²) in [7, 11) is 1.84. The Morgan fingerprint density at radius 2 is 1.67 bits per heavy atom. The minimum Gasteiger partial charge on any atom is -0.350 e. The van der Waals surface area contributed by atoms with Gasteiger partial charge in [-0.05, 0) is 39.7 Å². The highest BCUT2D eigenvalue weighted by Crippen LogP contribution is 2.31. The highest BCUT2D eigenvalue weighted by molar-refractivity contribution is 6.52. The van der Waals surface area contributed by atoms with Gasteiger partial charge in [0.2, 0.25) is 5.78 Å². The zero-order chi connectivity index (χ0) is 24.6. The van der Waals surface area contributed by atoms with E-state index in [1.54, 1.807) is 18.3 Å². The van der Waals surface area contributed by atoms with Gasteiger partial charge in [-0.3, -0.25) is 9.79 Å².